The number of hydrogen-bond acceptors (Lipinski definition) is 3. The van der Waals surface area contributed by atoms with Crippen LogP contribution in [0, 0.1) is 5.82 Å². The summed E-state index contributed by atoms with van der Waals surface area (Å²) in [5.74, 6) is 4.42. The van der Waals surface area contributed by atoms with Gasteiger partial charge in [-0.25, -0.2) is 14.9 Å². The van der Waals surface area contributed by atoms with Crippen molar-refractivity contribution >= 4 is 5.91 Å². The highest BCUT2D eigenvalue weighted by atomic mass is 19.1. The Morgan fingerprint density at radius 1 is 1.09 bits per heavy atom. The first-order valence-electron chi connectivity index (χ1n) is 6.61. The quantitative estimate of drug-likeness (QED) is 0.442. The predicted molar refractivity (Wildman–Crippen MR) is 80.6 cm³/mol. The minimum absolute atomic E-state index is 0.318. The average molecular weight is 296 g/mol. The number of nitrogens with zero attached hydrogens (tertiary/aromatic N) is 2. The zero-order valence-corrected chi connectivity index (χ0v) is 11.5. The van der Waals surface area contributed by atoms with E-state index in [4.69, 9.17) is 5.84 Å². The number of carbonyl (C=O) groups is 1. The first-order chi connectivity index (χ1) is 10.7. The van der Waals surface area contributed by atoms with Gasteiger partial charge in [-0.3, -0.25) is 10.2 Å². The lowest BCUT2D eigenvalue weighted by Gasteiger charge is -2.01. The van der Waals surface area contributed by atoms with Gasteiger partial charge in [0, 0.05) is 11.8 Å². The summed E-state index contributed by atoms with van der Waals surface area (Å²) < 4.78 is 14.7. The number of aromatic nitrogens is 2. The third-order valence-electron chi connectivity index (χ3n) is 3.23. The fourth-order valence-corrected chi connectivity index (χ4v) is 2.15. The summed E-state index contributed by atoms with van der Waals surface area (Å²) in [6.07, 6.45) is 1.59. The molecule has 0 aliphatic rings. The van der Waals surface area contributed by atoms with Crippen LogP contribution in [0.5, 0.6) is 0 Å². The number of nitrogen functional groups attached to an aromatic ring is 1. The SMILES string of the molecule is NNC(=O)c1cn(-c2ccccc2)nc1-c1ccc(F)cc1. The maximum atomic E-state index is 13.1. The number of benzene rings is 2. The molecule has 6 heteroatoms. The lowest BCUT2D eigenvalue weighted by molar-refractivity contribution is 0.0954. The van der Waals surface area contributed by atoms with Crippen LogP contribution < -0.4 is 11.3 Å². The van der Waals surface area contributed by atoms with Crippen molar-refractivity contribution in [2.75, 3.05) is 0 Å². The standard InChI is InChI=1S/C16H13FN4O/c17-12-8-6-11(7-9-12)15-14(16(22)19-18)10-21(20-15)13-4-2-1-3-5-13/h1-10H,18H2,(H,19,22). The smallest absolute Gasteiger partial charge is 0.269 e. The van der Waals surface area contributed by atoms with Gasteiger partial charge in [-0.15, -0.1) is 0 Å². The molecule has 0 radical (unpaired) electrons. The van der Waals surface area contributed by atoms with E-state index < -0.39 is 5.91 Å². The Morgan fingerprint density at radius 2 is 1.77 bits per heavy atom. The van der Waals surface area contributed by atoms with Crippen LogP contribution in [0.1, 0.15) is 10.4 Å². The molecule has 0 aliphatic heterocycles. The van der Waals surface area contributed by atoms with Gasteiger partial charge in [0.2, 0.25) is 0 Å². The van der Waals surface area contributed by atoms with Crippen molar-refractivity contribution in [2.24, 2.45) is 5.84 Å². The minimum Gasteiger partial charge on any atom is -0.290 e. The fraction of sp³-hybridized carbons (Fsp3) is 0. The number of hydrazine groups is 1. The molecular weight excluding hydrogens is 283 g/mol. The molecule has 1 aromatic heterocycles. The number of halogens is 1. The predicted octanol–water partition coefficient (Wildman–Crippen LogP) is 2.28. The van der Waals surface area contributed by atoms with E-state index >= 15 is 0 Å². The Kier molecular flexibility index (Phi) is 3.67. The highest BCUT2D eigenvalue weighted by molar-refractivity contribution is 5.99. The van der Waals surface area contributed by atoms with E-state index in [1.807, 2.05) is 30.3 Å². The Hall–Kier alpha value is -2.99. The third kappa shape index (κ3) is 2.59. The Bertz CT molecular complexity index is 797. The molecular formula is C16H13FN4O. The molecule has 0 spiro atoms. The van der Waals surface area contributed by atoms with Gasteiger partial charge >= 0.3 is 0 Å². The first-order valence-corrected chi connectivity index (χ1v) is 6.61. The van der Waals surface area contributed by atoms with Gasteiger partial charge < -0.3 is 0 Å². The van der Waals surface area contributed by atoms with Gasteiger partial charge in [0.15, 0.2) is 0 Å². The van der Waals surface area contributed by atoms with Gasteiger partial charge in [-0.1, -0.05) is 18.2 Å². The molecule has 0 aliphatic carbocycles. The number of nitrogens with two attached hydrogens (primary N) is 1. The fourth-order valence-electron chi connectivity index (χ4n) is 2.15. The second-order valence-corrected chi connectivity index (χ2v) is 4.65. The van der Waals surface area contributed by atoms with Crippen LogP contribution in [-0.4, -0.2) is 15.7 Å². The van der Waals surface area contributed by atoms with Gasteiger partial charge in [0.1, 0.15) is 11.5 Å². The second-order valence-electron chi connectivity index (χ2n) is 4.65. The first kappa shape index (κ1) is 14.0. The summed E-state index contributed by atoms with van der Waals surface area (Å²) in [6, 6.07) is 15.1. The molecule has 110 valence electrons. The molecule has 3 aromatic rings. The maximum Gasteiger partial charge on any atom is 0.269 e. The number of amides is 1. The molecule has 1 heterocycles. The molecule has 3 rings (SSSR count). The molecule has 0 saturated heterocycles. The van der Waals surface area contributed by atoms with Crippen LogP contribution in [0.4, 0.5) is 4.39 Å². The molecule has 0 bridgehead atoms. The van der Waals surface area contributed by atoms with E-state index in [1.54, 1.807) is 23.0 Å². The normalized spacial score (nSPS) is 10.5. The number of rotatable bonds is 3. The van der Waals surface area contributed by atoms with E-state index in [-0.39, 0.29) is 5.82 Å². The van der Waals surface area contributed by atoms with E-state index in [9.17, 15) is 9.18 Å². The minimum atomic E-state index is -0.457. The van der Waals surface area contributed by atoms with E-state index in [0.717, 1.165) is 5.69 Å². The van der Waals surface area contributed by atoms with Crippen molar-refractivity contribution in [1.82, 2.24) is 15.2 Å². The molecule has 2 aromatic carbocycles. The van der Waals surface area contributed by atoms with E-state index in [1.165, 1.54) is 12.1 Å². The van der Waals surface area contributed by atoms with Crippen molar-refractivity contribution in [3.63, 3.8) is 0 Å². The lowest BCUT2D eigenvalue weighted by Crippen LogP contribution is -2.30. The molecule has 1 amide bonds. The molecule has 22 heavy (non-hydrogen) atoms. The zero-order valence-electron chi connectivity index (χ0n) is 11.5. The van der Waals surface area contributed by atoms with Crippen LogP contribution in [-0.2, 0) is 0 Å². The van der Waals surface area contributed by atoms with Crippen LogP contribution in [0.15, 0.2) is 60.8 Å². The Morgan fingerprint density at radius 3 is 2.41 bits per heavy atom. The highest BCUT2D eigenvalue weighted by Gasteiger charge is 2.17. The second kappa shape index (κ2) is 5.79. The summed E-state index contributed by atoms with van der Waals surface area (Å²) >= 11 is 0. The molecule has 5 nitrogen and oxygen atoms in total. The average Bonchev–Trinajstić information content (AvgIpc) is 3.01. The van der Waals surface area contributed by atoms with Gasteiger partial charge in [-0.05, 0) is 36.4 Å². The van der Waals surface area contributed by atoms with Crippen LogP contribution >= 0.6 is 0 Å². The highest BCUT2D eigenvalue weighted by Crippen LogP contribution is 2.24. The molecule has 0 atom stereocenters. The third-order valence-corrected chi connectivity index (χ3v) is 3.23. The van der Waals surface area contributed by atoms with Gasteiger partial charge in [-0.2, -0.15) is 5.10 Å². The van der Waals surface area contributed by atoms with Crippen molar-refractivity contribution in [2.45, 2.75) is 0 Å². The zero-order chi connectivity index (χ0) is 15.5. The maximum absolute atomic E-state index is 13.1. The van der Waals surface area contributed by atoms with Crippen molar-refractivity contribution in [3.8, 4) is 16.9 Å². The van der Waals surface area contributed by atoms with Gasteiger partial charge in [0.25, 0.3) is 5.91 Å². The lowest BCUT2D eigenvalue weighted by atomic mass is 10.1. The summed E-state index contributed by atoms with van der Waals surface area (Å²) in [5, 5.41) is 4.43. The van der Waals surface area contributed by atoms with Gasteiger partial charge in [0.05, 0.1) is 11.3 Å². The Labute approximate surface area is 126 Å². The molecule has 3 N–H and O–H groups in total. The van der Waals surface area contributed by atoms with Crippen LogP contribution in [0.3, 0.4) is 0 Å². The summed E-state index contributed by atoms with van der Waals surface area (Å²) in [7, 11) is 0. The topological polar surface area (TPSA) is 72.9 Å². The number of carbonyl (C=O) groups excluding carboxylic acids is 1. The van der Waals surface area contributed by atoms with E-state index in [2.05, 4.69) is 10.5 Å². The monoisotopic (exact) mass is 296 g/mol. The molecule has 0 saturated carbocycles. The van der Waals surface area contributed by atoms with Crippen LogP contribution in [0.2, 0.25) is 0 Å². The number of para-hydroxylation sites is 1. The number of nitrogens with one attached hydrogen (secondary N) is 1. The molecule has 0 fully saturated rings. The van der Waals surface area contributed by atoms with Crippen molar-refractivity contribution in [1.29, 1.82) is 0 Å². The van der Waals surface area contributed by atoms with Crippen molar-refractivity contribution in [3.05, 3.63) is 72.2 Å². The van der Waals surface area contributed by atoms with Crippen molar-refractivity contribution < 1.29 is 9.18 Å². The largest absolute Gasteiger partial charge is 0.290 e. The van der Waals surface area contributed by atoms with Crippen LogP contribution in [0.25, 0.3) is 16.9 Å². The Balaban J connectivity index is 2.13. The number of hydrogen-bond donors (Lipinski definition) is 2. The summed E-state index contributed by atoms with van der Waals surface area (Å²) in [4.78, 5) is 12.0. The summed E-state index contributed by atoms with van der Waals surface area (Å²) in [6.45, 7) is 0. The summed E-state index contributed by atoms with van der Waals surface area (Å²) in [5.41, 5.74) is 4.30. The van der Waals surface area contributed by atoms with E-state index in [0.29, 0.717) is 16.8 Å². The molecule has 0 unspecified atom stereocenters.